The van der Waals surface area contributed by atoms with E-state index in [0.717, 1.165) is 36.3 Å². The highest BCUT2D eigenvalue weighted by Gasteiger charge is 2.38. The van der Waals surface area contributed by atoms with Crippen molar-refractivity contribution in [3.8, 4) is 0 Å². The zero-order valence-electron chi connectivity index (χ0n) is 19.1. The van der Waals surface area contributed by atoms with Gasteiger partial charge in [-0.3, -0.25) is 9.59 Å². The van der Waals surface area contributed by atoms with E-state index >= 15 is 0 Å². The van der Waals surface area contributed by atoms with Crippen molar-refractivity contribution in [3.63, 3.8) is 0 Å². The van der Waals surface area contributed by atoms with Crippen molar-refractivity contribution in [3.05, 3.63) is 47.2 Å². The largest absolute Gasteiger partial charge is 0.381 e. The van der Waals surface area contributed by atoms with Crippen LogP contribution in [0.3, 0.4) is 0 Å². The monoisotopic (exact) mass is 437 g/mol. The van der Waals surface area contributed by atoms with Crippen LogP contribution >= 0.6 is 0 Å². The van der Waals surface area contributed by atoms with Crippen LogP contribution in [0.4, 0.5) is 0 Å². The van der Waals surface area contributed by atoms with Gasteiger partial charge in [0.1, 0.15) is 6.04 Å². The van der Waals surface area contributed by atoms with E-state index in [4.69, 9.17) is 4.74 Å². The third-order valence-corrected chi connectivity index (χ3v) is 8.15. The molecule has 5 rings (SSSR count). The Morgan fingerprint density at radius 2 is 1.78 bits per heavy atom. The lowest BCUT2D eigenvalue weighted by molar-refractivity contribution is -0.126. The van der Waals surface area contributed by atoms with Crippen molar-refractivity contribution < 1.29 is 14.3 Å². The van der Waals surface area contributed by atoms with E-state index in [9.17, 15) is 9.59 Å². The van der Waals surface area contributed by atoms with Crippen LogP contribution < -0.4 is 5.32 Å². The molecule has 32 heavy (non-hydrogen) atoms. The highest BCUT2D eigenvalue weighted by Crippen LogP contribution is 2.35. The summed E-state index contributed by atoms with van der Waals surface area (Å²) in [7, 11) is 1.83. The van der Waals surface area contributed by atoms with E-state index < -0.39 is 0 Å². The van der Waals surface area contributed by atoms with E-state index in [1.807, 2.05) is 13.2 Å². The minimum Gasteiger partial charge on any atom is -0.381 e. The maximum atomic E-state index is 13.0. The van der Waals surface area contributed by atoms with Crippen molar-refractivity contribution in [2.75, 3.05) is 20.2 Å². The van der Waals surface area contributed by atoms with Crippen LogP contribution in [0.1, 0.15) is 78.8 Å². The van der Waals surface area contributed by atoms with Gasteiger partial charge in [-0.15, -0.1) is 0 Å². The molecule has 172 valence electrons. The summed E-state index contributed by atoms with van der Waals surface area (Å²) in [5.41, 5.74) is 3.93. The summed E-state index contributed by atoms with van der Waals surface area (Å²) in [5.74, 6) is 0.438. The Kier molecular flexibility index (Phi) is 6.08. The van der Waals surface area contributed by atoms with Crippen LogP contribution in [0.25, 0.3) is 0 Å². The maximum Gasteiger partial charge on any atom is 0.255 e. The molecule has 3 aliphatic heterocycles. The molecule has 6 nitrogen and oxygen atoms in total. The number of nitrogens with one attached hydrogen (secondary N) is 1. The van der Waals surface area contributed by atoms with E-state index in [-0.39, 0.29) is 17.9 Å². The molecule has 2 saturated heterocycles. The predicted octanol–water partition coefficient (Wildman–Crippen LogP) is 3.57. The first-order valence-electron chi connectivity index (χ1n) is 12.2. The Hall–Kier alpha value is -2.18. The second kappa shape index (κ2) is 8.99. The average Bonchev–Trinajstić information content (AvgIpc) is 3.15. The van der Waals surface area contributed by atoms with Crippen molar-refractivity contribution in [1.29, 1.82) is 0 Å². The predicted molar refractivity (Wildman–Crippen MR) is 123 cm³/mol. The Labute approximate surface area is 191 Å². The number of rotatable bonds is 4. The standard InChI is InChI=1S/C26H35N3O3/c1-17-3-10-24(25(30)27-17)29-16-20-15-19(4-9-23(20)26(29)31)18-11-13-28(14-12-18)21-5-7-22(32-2)8-6-21/h4,9,15,18,21-22,24H,1,3,5-8,10-14,16H2,2H3,(H,27,30). The van der Waals surface area contributed by atoms with Crippen LogP contribution in [0, 0.1) is 0 Å². The lowest BCUT2D eigenvalue weighted by atomic mass is 9.85. The molecule has 3 heterocycles. The minimum atomic E-state index is -0.389. The van der Waals surface area contributed by atoms with Gasteiger partial charge in [-0.1, -0.05) is 18.7 Å². The van der Waals surface area contributed by atoms with Crippen LogP contribution in [0.2, 0.25) is 0 Å². The maximum absolute atomic E-state index is 13.0. The number of hydrogen-bond donors (Lipinski definition) is 1. The highest BCUT2D eigenvalue weighted by molar-refractivity contribution is 6.01. The molecule has 0 aromatic heterocycles. The fourth-order valence-electron chi connectivity index (χ4n) is 6.17. The number of likely N-dealkylation sites (tertiary alicyclic amines) is 1. The molecular weight excluding hydrogens is 402 g/mol. The molecule has 1 unspecified atom stereocenters. The summed E-state index contributed by atoms with van der Waals surface area (Å²) < 4.78 is 5.53. The Morgan fingerprint density at radius 3 is 2.47 bits per heavy atom. The van der Waals surface area contributed by atoms with Crippen molar-refractivity contribution >= 4 is 11.8 Å². The summed E-state index contributed by atoms with van der Waals surface area (Å²) in [6.07, 6.45) is 9.06. The molecule has 2 amide bonds. The van der Waals surface area contributed by atoms with E-state index in [0.29, 0.717) is 31.0 Å². The van der Waals surface area contributed by atoms with Crippen LogP contribution in [-0.2, 0) is 16.1 Å². The third-order valence-electron chi connectivity index (χ3n) is 8.15. The quantitative estimate of drug-likeness (QED) is 0.782. The molecule has 0 bridgehead atoms. The third kappa shape index (κ3) is 4.11. The fourth-order valence-corrected chi connectivity index (χ4v) is 6.17. The van der Waals surface area contributed by atoms with Crippen molar-refractivity contribution in [1.82, 2.24) is 15.1 Å². The van der Waals surface area contributed by atoms with Gasteiger partial charge in [-0.2, -0.15) is 0 Å². The molecule has 1 saturated carbocycles. The summed E-state index contributed by atoms with van der Waals surface area (Å²) in [5, 5.41) is 2.81. The van der Waals surface area contributed by atoms with Gasteiger partial charge in [-0.25, -0.2) is 0 Å². The number of fused-ring (bicyclic) bond motifs is 1. The number of nitrogens with zero attached hydrogens (tertiary/aromatic N) is 2. The molecule has 1 N–H and O–H groups in total. The molecule has 1 atom stereocenters. The number of piperidine rings is 2. The van der Waals surface area contributed by atoms with E-state index in [1.165, 1.54) is 44.1 Å². The van der Waals surface area contributed by atoms with Gasteiger partial charge in [0.15, 0.2) is 0 Å². The summed E-state index contributed by atoms with van der Waals surface area (Å²) in [6, 6.07) is 6.70. The summed E-state index contributed by atoms with van der Waals surface area (Å²) in [4.78, 5) is 29.8. The number of hydrogen-bond acceptors (Lipinski definition) is 4. The van der Waals surface area contributed by atoms with Gasteiger partial charge in [0.05, 0.1) is 6.10 Å². The molecule has 4 aliphatic rings. The minimum absolute atomic E-state index is 0.0132. The number of carbonyl (C=O) groups excluding carboxylic acids is 2. The summed E-state index contributed by atoms with van der Waals surface area (Å²) >= 11 is 0. The smallest absolute Gasteiger partial charge is 0.255 e. The molecule has 1 aromatic carbocycles. The zero-order valence-corrected chi connectivity index (χ0v) is 19.1. The molecule has 0 radical (unpaired) electrons. The van der Waals surface area contributed by atoms with Crippen LogP contribution in [0.15, 0.2) is 30.5 Å². The highest BCUT2D eigenvalue weighted by atomic mass is 16.5. The molecular formula is C26H35N3O3. The Morgan fingerprint density at radius 1 is 1.03 bits per heavy atom. The molecule has 0 spiro atoms. The first-order valence-corrected chi connectivity index (χ1v) is 12.2. The SMILES string of the molecule is C=C1CCC(N2Cc3cc(C4CCN(C5CCC(OC)CC5)CC4)ccc3C2=O)C(=O)N1. The van der Waals surface area contributed by atoms with Gasteiger partial charge in [0, 0.05) is 31.0 Å². The second-order valence-corrected chi connectivity index (χ2v) is 9.97. The molecule has 3 fully saturated rings. The van der Waals surface area contributed by atoms with Crippen molar-refractivity contribution in [2.24, 2.45) is 0 Å². The Bertz CT molecular complexity index is 898. The van der Waals surface area contributed by atoms with Gasteiger partial charge in [0.25, 0.3) is 5.91 Å². The lowest BCUT2D eigenvalue weighted by Crippen LogP contribution is -2.49. The number of ether oxygens (including phenoxy) is 1. The van der Waals surface area contributed by atoms with Gasteiger partial charge >= 0.3 is 0 Å². The second-order valence-electron chi connectivity index (χ2n) is 9.97. The Balaban J connectivity index is 1.21. The van der Waals surface area contributed by atoms with Crippen LogP contribution in [0.5, 0.6) is 0 Å². The topological polar surface area (TPSA) is 61.9 Å². The van der Waals surface area contributed by atoms with Gasteiger partial charge in [0.2, 0.25) is 5.91 Å². The molecule has 1 aromatic rings. The number of amides is 2. The zero-order chi connectivity index (χ0) is 22.2. The normalized spacial score (nSPS) is 29.8. The van der Waals surface area contributed by atoms with Gasteiger partial charge in [-0.05, 0) is 87.6 Å². The molecule has 1 aliphatic carbocycles. The molecule has 6 heteroatoms. The fraction of sp³-hybridized carbons (Fsp3) is 0.615. The van der Waals surface area contributed by atoms with Gasteiger partial charge < -0.3 is 19.9 Å². The average molecular weight is 438 g/mol. The lowest BCUT2D eigenvalue weighted by Gasteiger charge is -2.40. The first kappa shape index (κ1) is 21.7. The van der Waals surface area contributed by atoms with E-state index in [1.54, 1.807) is 4.90 Å². The number of carbonyl (C=O) groups is 2. The first-order chi connectivity index (χ1) is 15.5. The van der Waals surface area contributed by atoms with Crippen molar-refractivity contribution in [2.45, 2.75) is 82.0 Å². The number of allylic oxidation sites excluding steroid dienone is 1. The summed E-state index contributed by atoms with van der Waals surface area (Å²) in [6.45, 7) is 6.69. The number of methoxy groups -OCH3 is 1. The van der Waals surface area contributed by atoms with Crippen LogP contribution in [-0.4, -0.2) is 60.0 Å². The number of benzene rings is 1. The van der Waals surface area contributed by atoms with E-state index in [2.05, 4.69) is 28.9 Å².